The number of hydrogen-bond acceptors (Lipinski definition) is 6. The maximum absolute atomic E-state index is 13.7. The zero-order chi connectivity index (χ0) is 42.4. The van der Waals surface area contributed by atoms with Crippen molar-refractivity contribution in [2.75, 3.05) is 16.8 Å². The number of carboxylic acids is 2. The molecule has 0 bridgehead atoms. The topological polar surface area (TPSA) is 115 Å². The van der Waals surface area contributed by atoms with Crippen LogP contribution in [0.1, 0.15) is 123 Å². The fourth-order valence-corrected chi connectivity index (χ4v) is 8.38. The number of aromatic carboxylic acids is 2. The summed E-state index contributed by atoms with van der Waals surface area (Å²) in [4.78, 5) is 54.3. The average Bonchev–Trinajstić information content (AvgIpc) is 3.75. The summed E-state index contributed by atoms with van der Waals surface area (Å²) in [5, 5.41) is 20.7. The van der Waals surface area contributed by atoms with Gasteiger partial charge in [0.05, 0.1) is 42.3 Å². The summed E-state index contributed by atoms with van der Waals surface area (Å²) < 4.78 is 0. The molecule has 1 fully saturated rings. The Hall–Kier alpha value is -4.00. The molecule has 2 aromatic carbocycles. The Morgan fingerprint density at radius 2 is 1.07 bits per heavy atom. The molecule has 0 unspecified atom stereocenters. The van der Waals surface area contributed by atoms with Crippen LogP contribution in [0, 0.1) is 34.5 Å². The number of thiophene rings is 2. The van der Waals surface area contributed by atoms with Gasteiger partial charge in [0.1, 0.15) is 9.75 Å². The number of nitrogens with zero attached hydrogens (tertiary/aromatic N) is 2. The zero-order valence-electron chi connectivity index (χ0n) is 32.5. The van der Waals surface area contributed by atoms with E-state index in [0.29, 0.717) is 31.1 Å². The minimum atomic E-state index is -1.12. The third kappa shape index (κ3) is 12.5. The number of carboxylic acid groups (broad SMARTS) is 2. The molecule has 0 saturated heterocycles. The van der Waals surface area contributed by atoms with Crippen LogP contribution in [0.3, 0.4) is 0 Å². The minimum absolute atomic E-state index is 0.0455. The van der Waals surface area contributed by atoms with Gasteiger partial charge in [0.15, 0.2) is 0 Å². The van der Waals surface area contributed by atoms with Crippen LogP contribution in [-0.4, -0.2) is 47.1 Å². The molecule has 14 heteroatoms. The number of amides is 2. The maximum atomic E-state index is 13.7. The molecule has 2 amide bonds. The molecular weight excluding hydrogens is 846 g/mol. The number of carbonyl (C=O) groups excluding carboxylic acids is 2. The highest BCUT2D eigenvalue weighted by Gasteiger charge is 2.33. The molecule has 2 heterocycles. The van der Waals surface area contributed by atoms with Crippen LogP contribution in [-0.2, 0) is 0 Å². The van der Waals surface area contributed by atoms with Gasteiger partial charge in [-0.2, -0.15) is 0 Å². The molecule has 300 valence electrons. The van der Waals surface area contributed by atoms with Gasteiger partial charge >= 0.3 is 11.9 Å². The Bertz CT molecular complexity index is 2310. The van der Waals surface area contributed by atoms with E-state index in [1.807, 2.05) is 41.5 Å². The summed E-state index contributed by atoms with van der Waals surface area (Å²) in [6.07, 6.45) is 4.72. The van der Waals surface area contributed by atoms with E-state index in [1.165, 1.54) is 30.1 Å². The van der Waals surface area contributed by atoms with E-state index in [4.69, 9.17) is 46.4 Å². The predicted octanol–water partition coefficient (Wildman–Crippen LogP) is 12.6. The number of benzene rings is 2. The van der Waals surface area contributed by atoms with Crippen LogP contribution < -0.4 is 9.80 Å². The molecule has 0 atom stereocenters. The fourth-order valence-electron chi connectivity index (χ4n) is 5.68. The van der Waals surface area contributed by atoms with Crippen LogP contribution in [0.2, 0.25) is 20.1 Å². The minimum Gasteiger partial charge on any atom is -0.477 e. The highest BCUT2D eigenvalue weighted by molar-refractivity contribution is 7.15. The first-order valence-corrected chi connectivity index (χ1v) is 21.0. The lowest BCUT2D eigenvalue weighted by molar-refractivity contribution is 0.0691. The monoisotopic (exact) mass is 886 g/mol. The summed E-state index contributed by atoms with van der Waals surface area (Å²) in [5.41, 5.74) is 0.773. The fraction of sp³-hybridized carbons (Fsp3) is 0.349. The van der Waals surface area contributed by atoms with Crippen LogP contribution in [0.25, 0.3) is 0 Å². The van der Waals surface area contributed by atoms with Crippen molar-refractivity contribution in [3.8, 4) is 23.7 Å². The smallest absolute Gasteiger partial charge is 0.348 e. The molecule has 1 saturated carbocycles. The molecule has 8 nitrogen and oxygen atoms in total. The molecule has 0 spiro atoms. The third-order valence-electron chi connectivity index (χ3n) is 8.34. The highest BCUT2D eigenvalue weighted by Crippen LogP contribution is 2.38. The first-order chi connectivity index (χ1) is 26.6. The van der Waals surface area contributed by atoms with Gasteiger partial charge in [0.25, 0.3) is 11.8 Å². The SMILES string of the molecule is CC(C)(C)C#Cc1cc(N(C(=O)c2ccc(Cl)cc2Cl)C2CCCCC2)c(C(=O)O)s1.CN(C(=O)c1ccc(Cl)cc1Cl)c1cc(C#CC(C)(C)C)sc1C(=O)O. The molecule has 0 radical (unpaired) electrons. The number of anilines is 2. The van der Waals surface area contributed by atoms with Gasteiger partial charge in [0, 0.05) is 34.0 Å². The van der Waals surface area contributed by atoms with Gasteiger partial charge in [0.2, 0.25) is 0 Å². The van der Waals surface area contributed by atoms with E-state index in [1.54, 1.807) is 35.2 Å². The predicted molar refractivity (Wildman–Crippen MR) is 235 cm³/mol. The van der Waals surface area contributed by atoms with Crippen molar-refractivity contribution in [1.29, 1.82) is 0 Å². The van der Waals surface area contributed by atoms with Crippen molar-refractivity contribution in [1.82, 2.24) is 0 Å². The van der Waals surface area contributed by atoms with Crippen molar-refractivity contribution in [3.63, 3.8) is 0 Å². The van der Waals surface area contributed by atoms with E-state index in [2.05, 4.69) is 23.7 Å². The molecule has 1 aliphatic carbocycles. The van der Waals surface area contributed by atoms with Gasteiger partial charge in [-0.25, -0.2) is 9.59 Å². The first-order valence-electron chi connectivity index (χ1n) is 17.9. The molecule has 2 N–H and O–H groups in total. The van der Waals surface area contributed by atoms with E-state index >= 15 is 0 Å². The highest BCUT2D eigenvalue weighted by atomic mass is 35.5. The van der Waals surface area contributed by atoms with E-state index in [9.17, 15) is 29.4 Å². The molecular formula is C43H42Cl4N2O6S2. The quantitative estimate of drug-likeness (QED) is 0.179. The molecule has 57 heavy (non-hydrogen) atoms. The molecule has 2 aromatic heterocycles. The van der Waals surface area contributed by atoms with Crippen molar-refractivity contribution >= 4 is 104 Å². The second-order valence-corrected chi connectivity index (χ2v) is 19.1. The lowest BCUT2D eigenvalue weighted by atomic mass is 9.93. The van der Waals surface area contributed by atoms with Crippen molar-refractivity contribution < 1.29 is 29.4 Å². The van der Waals surface area contributed by atoms with Crippen molar-refractivity contribution in [2.24, 2.45) is 10.8 Å². The second kappa shape index (κ2) is 19.2. The second-order valence-electron chi connectivity index (χ2n) is 15.3. The van der Waals surface area contributed by atoms with Crippen LogP contribution >= 0.6 is 69.1 Å². The Balaban J connectivity index is 0.000000257. The number of carbonyl (C=O) groups is 4. The van der Waals surface area contributed by atoms with Gasteiger partial charge in [-0.15, -0.1) is 22.7 Å². The Morgan fingerprint density at radius 1 is 0.649 bits per heavy atom. The number of halogens is 4. The number of hydrogen-bond donors (Lipinski definition) is 2. The van der Waals surface area contributed by atoms with E-state index < -0.39 is 17.8 Å². The standard InChI is InChI=1S/C24H25Cl2NO3S.C19H17Cl2NO3S/c1-24(2,3)12-11-17-14-20(21(31-17)23(29)30)27(16-7-5-4-6-8-16)22(28)18-10-9-15(25)13-19(18)26;1-19(2,3)8-7-12-10-15(16(26-12)18(24)25)22(4)17(23)13-6-5-11(20)9-14(13)21/h9-10,13-14,16H,4-8H2,1-3H3,(H,29,30);5-6,9-10H,1-4H3,(H,24,25). The zero-order valence-corrected chi connectivity index (χ0v) is 37.1. The van der Waals surface area contributed by atoms with E-state index in [0.717, 1.165) is 54.8 Å². The van der Waals surface area contributed by atoms with Gasteiger partial charge in [-0.05, 0) is 103 Å². The molecule has 4 aromatic rings. The van der Waals surface area contributed by atoms with Gasteiger partial charge < -0.3 is 20.0 Å². The normalized spacial score (nSPS) is 12.9. The van der Waals surface area contributed by atoms with Crippen molar-refractivity contribution in [2.45, 2.75) is 79.7 Å². The Morgan fingerprint density at radius 3 is 1.49 bits per heavy atom. The van der Waals surface area contributed by atoms with Crippen LogP contribution in [0.15, 0.2) is 48.5 Å². The van der Waals surface area contributed by atoms with Gasteiger partial charge in [-0.3, -0.25) is 9.59 Å². The van der Waals surface area contributed by atoms with Crippen LogP contribution in [0.5, 0.6) is 0 Å². The van der Waals surface area contributed by atoms with Gasteiger partial charge in [-0.1, -0.05) is 89.3 Å². The Labute approximate surface area is 361 Å². The maximum Gasteiger partial charge on any atom is 0.348 e. The molecule has 0 aliphatic heterocycles. The summed E-state index contributed by atoms with van der Waals surface area (Å²) in [7, 11) is 1.50. The van der Waals surface area contributed by atoms with Crippen LogP contribution in [0.4, 0.5) is 11.4 Å². The third-order valence-corrected chi connectivity index (χ3v) is 11.5. The van der Waals surface area contributed by atoms with E-state index in [-0.39, 0.29) is 53.8 Å². The lowest BCUT2D eigenvalue weighted by Crippen LogP contribution is -2.42. The summed E-state index contributed by atoms with van der Waals surface area (Å²) in [6.45, 7) is 11.9. The molecule has 1 aliphatic rings. The largest absolute Gasteiger partial charge is 0.477 e. The summed E-state index contributed by atoms with van der Waals surface area (Å²) >= 11 is 26.4. The first kappa shape index (κ1) is 45.7. The average molecular weight is 889 g/mol. The number of rotatable bonds is 7. The lowest BCUT2D eigenvalue weighted by Gasteiger charge is -2.34. The Kier molecular flexibility index (Phi) is 15.4. The van der Waals surface area contributed by atoms with Crippen molar-refractivity contribution in [3.05, 3.63) is 99.3 Å². The molecule has 5 rings (SSSR count). The summed E-state index contributed by atoms with van der Waals surface area (Å²) in [6, 6.07) is 12.5. The summed E-state index contributed by atoms with van der Waals surface area (Å²) in [5.74, 6) is 9.33.